The van der Waals surface area contributed by atoms with E-state index < -0.39 is 0 Å². The van der Waals surface area contributed by atoms with Crippen LogP contribution in [0, 0.1) is 19.8 Å². The van der Waals surface area contributed by atoms with Gasteiger partial charge in [0.15, 0.2) is 0 Å². The molecule has 39 heavy (non-hydrogen) atoms. The molecule has 2 heterocycles. The molecule has 0 unspecified atom stereocenters. The number of likely N-dealkylation sites (N-methyl/N-ethyl adjacent to an activating group) is 1. The van der Waals surface area contributed by atoms with Crippen LogP contribution in [0.25, 0.3) is 11.4 Å². The molecule has 1 N–H and O–H groups in total. The van der Waals surface area contributed by atoms with E-state index in [0.29, 0.717) is 30.7 Å². The zero-order valence-corrected chi connectivity index (χ0v) is 23.7. The minimum absolute atomic E-state index is 0.0592. The van der Waals surface area contributed by atoms with Gasteiger partial charge >= 0.3 is 0 Å². The third-order valence-corrected chi connectivity index (χ3v) is 7.17. The maximum Gasteiger partial charge on any atom is 0.256 e. The van der Waals surface area contributed by atoms with Crippen molar-refractivity contribution < 1.29 is 14.1 Å². The van der Waals surface area contributed by atoms with E-state index in [0.717, 1.165) is 42.6 Å². The number of amides is 2. The van der Waals surface area contributed by atoms with Crippen LogP contribution in [0.5, 0.6) is 0 Å². The molecule has 9 nitrogen and oxygen atoms in total. The molecule has 0 atom stereocenters. The highest BCUT2D eigenvalue weighted by Gasteiger charge is 2.26. The Kier molecular flexibility index (Phi) is 9.35. The second kappa shape index (κ2) is 12.9. The predicted molar refractivity (Wildman–Crippen MR) is 152 cm³/mol. The van der Waals surface area contributed by atoms with Gasteiger partial charge in [0.05, 0.1) is 13.1 Å². The van der Waals surface area contributed by atoms with Gasteiger partial charge < -0.3 is 14.7 Å². The van der Waals surface area contributed by atoms with Crippen LogP contribution >= 0.6 is 0 Å². The van der Waals surface area contributed by atoms with E-state index >= 15 is 0 Å². The standard InChI is InChI=1S/C30H40N6O3/c1-21(2)9-8-15-31-28(37)19-35(27-17-25(13-12-22(27)3)30-32-23(4)39-33-30)20-29(38)34(5)36-16-14-24-10-6-7-11-26(24)18-36/h6-7,10-13,17,21H,8-9,14-16,18-20H2,1-5H3,(H,31,37). The van der Waals surface area contributed by atoms with Crippen LogP contribution in [0.4, 0.5) is 5.69 Å². The maximum absolute atomic E-state index is 13.6. The van der Waals surface area contributed by atoms with Gasteiger partial charge in [-0.25, -0.2) is 5.01 Å². The molecule has 3 aromatic rings. The van der Waals surface area contributed by atoms with Gasteiger partial charge in [-0.1, -0.05) is 55.4 Å². The number of aromatic nitrogens is 2. The zero-order valence-electron chi connectivity index (χ0n) is 23.7. The lowest BCUT2D eigenvalue weighted by atomic mass is 10.0. The number of carbonyl (C=O) groups is 2. The Hall–Kier alpha value is -3.72. The van der Waals surface area contributed by atoms with Crippen molar-refractivity contribution in [3.05, 3.63) is 65.0 Å². The van der Waals surface area contributed by atoms with E-state index in [2.05, 4.69) is 52.5 Å². The molecule has 2 amide bonds. The molecule has 2 aromatic carbocycles. The Morgan fingerprint density at radius 3 is 2.59 bits per heavy atom. The maximum atomic E-state index is 13.6. The molecule has 0 saturated carbocycles. The Balaban J connectivity index is 1.52. The van der Waals surface area contributed by atoms with Crippen LogP contribution in [0.1, 0.15) is 49.3 Å². The first kappa shape index (κ1) is 28.3. The Bertz CT molecular complexity index is 1290. The highest BCUT2D eigenvalue weighted by atomic mass is 16.5. The van der Waals surface area contributed by atoms with Crippen molar-refractivity contribution in [2.24, 2.45) is 5.92 Å². The molecular formula is C30H40N6O3. The SMILES string of the molecule is Cc1nc(-c2ccc(C)c(N(CC(=O)NCCCC(C)C)CC(=O)N(C)N3CCc4ccccc4C3)c2)no1. The summed E-state index contributed by atoms with van der Waals surface area (Å²) < 4.78 is 5.17. The number of hydrogen-bond donors (Lipinski definition) is 1. The molecule has 9 heteroatoms. The first-order valence-electron chi connectivity index (χ1n) is 13.7. The summed E-state index contributed by atoms with van der Waals surface area (Å²) >= 11 is 0. The topological polar surface area (TPSA) is 94.8 Å². The van der Waals surface area contributed by atoms with Crippen LogP contribution in [0.15, 0.2) is 47.0 Å². The summed E-state index contributed by atoms with van der Waals surface area (Å²) in [4.78, 5) is 32.8. The normalized spacial score (nSPS) is 13.3. The lowest BCUT2D eigenvalue weighted by Crippen LogP contribution is -2.51. The van der Waals surface area contributed by atoms with Crippen LogP contribution in [0.2, 0.25) is 0 Å². The highest BCUT2D eigenvalue weighted by molar-refractivity contribution is 5.87. The molecular weight excluding hydrogens is 492 g/mol. The Labute approximate surface area is 231 Å². The largest absolute Gasteiger partial charge is 0.355 e. The minimum atomic E-state index is -0.110. The average molecular weight is 533 g/mol. The number of benzene rings is 2. The number of nitrogens with one attached hydrogen (secondary N) is 1. The lowest BCUT2D eigenvalue weighted by molar-refractivity contribution is -0.145. The van der Waals surface area contributed by atoms with Crippen LogP contribution in [0.3, 0.4) is 0 Å². The minimum Gasteiger partial charge on any atom is -0.355 e. The van der Waals surface area contributed by atoms with Crippen molar-refractivity contribution in [2.75, 3.05) is 38.1 Å². The van der Waals surface area contributed by atoms with Crippen molar-refractivity contribution in [1.82, 2.24) is 25.5 Å². The number of anilines is 1. The summed E-state index contributed by atoms with van der Waals surface area (Å²) in [5, 5.41) is 10.8. The van der Waals surface area contributed by atoms with Gasteiger partial charge in [0.2, 0.25) is 17.6 Å². The molecule has 0 spiro atoms. The summed E-state index contributed by atoms with van der Waals surface area (Å²) in [5.74, 6) is 1.35. The second-order valence-corrected chi connectivity index (χ2v) is 10.7. The molecule has 208 valence electrons. The molecule has 1 aliphatic rings. The number of aryl methyl sites for hydroxylation is 2. The molecule has 4 rings (SSSR count). The van der Waals surface area contributed by atoms with Gasteiger partial charge in [-0.3, -0.25) is 14.6 Å². The molecule has 0 saturated heterocycles. The Morgan fingerprint density at radius 1 is 1.10 bits per heavy atom. The molecule has 0 radical (unpaired) electrons. The smallest absolute Gasteiger partial charge is 0.256 e. The fourth-order valence-corrected chi connectivity index (χ4v) is 4.86. The van der Waals surface area contributed by atoms with Gasteiger partial charge in [-0.15, -0.1) is 0 Å². The number of carbonyl (C=O) groups excluding carboxylic acids is 2. The Morgan fingerprint density at radius 2 is 1.87 bits per heavy atom. The van der Waals surface area contributed by atoms with Gasteiger partial charge in [0.1, 0.15) is 0 Å². The third-order valence-electron chi connectivity index (χ3n) is 7.17. The van der Waals surface area contributed by atoms with E-state index in [9.17, 15) is 9.59 Å². The highest BCUT2D eigenvalue weighted by Crippen LogP contribution is 2.27. The quantitative estimate of drug-likeness (QED) is 0.371. The van der Waals surface area contributed by atoms with E-state index in [1.165, 1.54) is 11.1 Å². The molecule has 0 bridgehead atoms. The summed E-state index contributed by atoms with van der Waals surface area (Å²) in [6.07, 6.45) is 2.87. The fourth-order valence-electron chi connectivity index (χ4n) is 4.86. The average Bonchev–Trinajstić information content (AvgIpc) is 3.36. The van der Waals surface area contributed by atoms with E-state index in [4.69, 9.17) is 4.52 Å². The second-order valence-electron chi connectivity index (χ2n) is 10.7. The number of hydrazine groups is 1. The molecule has 0 fully saturated rings. The van der Waals surface area contributed by atoms with Crippen LogP contribution in [-0.2, 0) is 22.6 Å². The number of hydrogen-bond acceptors (Lipinski definition) is 7. The zero-order chi connectivity index (χ0) is 27.9. The van der Waals surface area contributed by atoms with Crippen molar-refractivity contribution >= 4 is 17.5 Å². The summed E-state index contributed by atoms with van der Waals surface area (Å²) in [5.41, 5.74) is 5.07. The first-order valence-corrected chi connectivity index (χ1v) is 13.7. The third kappa shape index (κ3) is 7.44. The van der Waals surface area contributed by atoms with E-state index in [-0.39, 0.29) is 24.9 Å². The number of rotatable bonds is 11. The van der Waals surface area contributed by atoms with Crippen molar-refractivity contribution in [2.45, 2.75) is 53.5 Å². The van der Waals surface area contributed by atoms with E-state index in [1.807, 2.05) is 43.1 Å². The van der Waals surface area contributed by atoms with Crippen LogP contribution in [-0.4, -0.2) is 65.2 Å². The molecule has 0 aliphatic carbocycles. The fraction of sp³-hybridized carbons (Fsp3) is 0.467. The summed E-state index contributed by atoms with van der Waals surface area (Å²) in [6.45, 7) is 10.3. The summed E-state index contributed by atoms with van der Waals surface area (Å²) in [6, 6.07) is 14.2. The number of fused-ring (bicyclic) bond motifs is 1. The van der Waals surface area contributed by atoms with Crippen molar-refractivity contribution in [3.63, 3.8) is 0 Å². The molecule has 1 aromatic heterocycles. The van der Waals surface area contributed by atoms with E-state index in [1.54, 1.807) is 11.9 Å². The lowest BCUT2D eigenvalue weighted by Gasteiger charge is -2.37. The first-order chi connectivity index (χ1) is 18.7. The van der Waals surface area contributed by atoms with Crippen molar-refractivity contribution in [3.8, 4) is 11.4 Å². The van der Waals surface area contributed by atoms with Gasteiger partial charge in [-0.2, -0.15) is 4.98 Å². The summed E-state index contributed by atoms with van der Waals surface area (Å²) in [7, 11) is 1.81. The monoisotopic (exact) mass is 532 g/mol. The van der Waals surface area contributed by atoms with Crippen LogP contribution < -0.4 is 10.2 Å². The van der Waals surface area contributed by atoms with Gasteiger partial charge in [-0.05, 0) is 54.9 Å². The molecule has 1 aliphatic heterocycles. The number of nitrogens with zero attached hydrogens (tertiary/aromatic N) is 5. The van der Waals surface area contributed by atoms with Crippen molar-refractivity contribution in [1.29, 1.82) is 0 Å². The van der Waals surface area contributed by atoms with Gasteiger partial charge in [0, 0.05) is 44.9 Å². The predicted octanol–water partition coefficient (Wildman–Crippen LogP) is 4.14. The van der Waals surface area contributed by atoms with Gasteiger partial charge in [0.25, 0.3) is 5.91 Å².